The van der Waals surface area contributed by atoms with Crippen LogP contribution < -0.4 is 10.1 Å². The highest BCUT2D eigenvalue weighted by molar-refractivity contribution is 5.51. The van der Waals surface area contributed by atoms with Crippen molar-refractivity contribution in [1.29, 1.82) is 0 Å². The van der Waals surface area contributed by atoms with Gasteiger partial charge in [-0.05, 0) is 24.1 Å². The van der Waals surface area contributed by atoms with Gasteiger partial charge < -0.3 is 10.1 Å². The van der Waals surface area contributed by atoms with E-state index in [1.807, 2.05) is 18.2 Å². The van der Waals surface area contributed by atoms with Gasteiger partial charge in [0.15, 0.2) is 0 Å². The van der Waals surface area contributed by atoms with E-state index in [2.05, 4.69) is 18.3 Å². The van der Waals surface area contributed by atoms with E-state index in [-0.39, 0.29) is 5.82 Å². The van der Waals surface area contributed by atoms with Crippen LogP contribution in [0.15, 0.2) is 42.5 Å². The van der Waals surface area contributed by atoms with Gasteiger partial charge in [0.05, 0.1) is 7.11 Å². The van der Waals surface area contributed by atoms with E-state index in [9.17, 15) is 4.39 Å². The second kappa shape index (κ2) is 6.94. The standard InChI is InChI=1S/C17H20FNO/c1-3-6-13-7-4-5-8-17(13)19-12-14-9-10-15(20-2)11-16(14)18/h4-5,7-11,19H,3,6,12H2,1-2H3. The van der Waals surface area contributed by atoms with Crippen LogP contribution in [0, 0.1) is 5.82 Å². The number of rotatable bonds is 6. The predicted octanol–water partition coefficient (Wildman–Crippen LogP) is 4.40. The molecular formula is C17H20FNO. The maximum Gasteiger partial charge on any atom is 0.131 e. The van der Waals surface area contributed by atoms with Crippen molar-refractivity contribution >= 4 is 5.69 Å². The minimum absolute atomic E-state index is 0.246. The topological polar surface area (TPSA) is 21.3 Å². The zero-order valence-corrected chi connectivity index (χ0v) is 11.9. The van der Waals surface area contributed by atoms with Crippen LogP contribution in [0.4, 0.5) is 10.1 Å². The summed E-state index contributed by atoms with van der Waals surface area (Å²) in [5, 5.41) is 3.31. The van der Waals surface area contributed by atoms with E-state index >= 15 is 0 Å². The summed E-state index contributed by atoms with van der Waals surface area (Å²) in [6.45, 7) is 2.62. The van der Waals surface area contributed by atoms with Gasteiger partial charge in [-0.15, -0.1) is 0 Å². The molecular weight excluding hydrogens is 253 g/mol. The van der Waals surface area contributed by atoms with Gasteiger partial charge in [-0.3, -0.25) is 0 Å². The molecule has 0 aromatic heterocycles. The number of hydrogen-bond donors (Lipinski definition) is 1. The molecule has 0 radical (unpaired) electrons. The first-order chi connectivity index (χ1) is 9.74. The highest BCUT2D eigenvalue weighted by Gasteiger charge is 2.05. The Kier molecular flexibility index (Phi) is 4.99. The van der Waals surface area contributed by atoms with Crippen molar-refractivity contribution in [3.8, 4) is 5.75 Å². The van der Waals surface area contributed by atoms with Crippen LogP contribution in [0.5, 0.6) is 5.75 Å². The Balaban J connectivity index is 2.09. The lowest BCUT2D eigenvalue weighted by molar-refractivity contribution is 0.411. The Morgan fingerprint density at radius 2 is 1.90 bits per heavy atom. The van der Waals surface area contributed by atoms with Crippen LogP contribution in [0.3, 0.4) is 0 Å². The van der Waals surface area contributed by atoms with E-state index < -0.39 is 0 Å². The third-order valence-electron chi connectivity index (χ3n) is 3.27. The molecule has 0 fully saturated rings. The molecule has 106 valence electrons. The largest absolute Gasteiger partial charge is 0.497 e. The van der Waals surface area contributed by atoms with E-state index in [4.69, 9.17) is 4.74 Å². The summed E-state index contributed by atoms with van der Waals surface area (Å²) in [4.78, 5) is 0. The summed E-state index contributed by atoms with van der Waals surface area (Å²) in [6, 6.07) is 13.1. The third-order valence-corrected chi connectivity index (χ3v) is 3.27. The van der Waals surface area contributed by atoms with Gasteiger partial charge in [0.2, 0.25) is 0 Å². The van der Waals surface area contributed by atoms with Gasteiger partial charge in [0.1, 0.15) is 11.6 Å². The van der Waals surface area contributed by atoms with Crippen molar-refractivity contribution < 1.29 is 9.13 Å². The van der Waals surface area contributed by atoms with Crippen LogP contribution in [-0.4, -0.2) is 7.11 Å². The van der Waals surface area contributed by atoms with Crippen LogP contribution in [0.25, 0.3) is 0 Å². The van der Waals surface area contributed by atoms with Gasteiger partial charge in [0.25, 0.3) is 0 Å². The van der Waals surface area contributed by atoms with Crippen LogP contribution in [0.1, 0.15) is 24.5 Å². The van der Waals surface area contributed by atoms with Crippen molar-refractivity contribution in [3.05, 3.63) is 59.4 Å². The van der Waals surface area contributed by atoms with Crippen molar-refractivity contribution in [1.82, 2.24) is 0 Å². The highest BCUT2D eigenvalue weighted by atomic mass is 19.1. The molecule has 2 aromatic carbocycles. The number of nitrogens with one attached hydrogen (secondary N) is 1. The molecule has 0 spiro atoms. The fourth-order valence-corrected chi connectivity index (χ4v) is 2.17. The lowest BCUT2D eigenvalue weighted by atomic mass is 10.1. The molecule has 0 unspecified atom stereocenters. The first-order valence-corrected chi connectivity index (χ1v) is 6.88. The molecule has 0 bridgehead atoms. The molecule has 0 aliphatic carbocycles. The number of hydrogen-bond acceptors (Lipinski definition) is 2. The van der Waals surface area contributed by atoms with Crippen LogP contribution >= 0.6 is 0 Å². The third kappa shape index (κ3) is 3.50. The summed E-state index contributed by atoms with van der Waals surface area (Å²) < 4.78 is 18.9. The molecule has 0 saturated carbocycles. The molecule has 0 saturated heterocycles. The summed E-state index contributed by atoms with van der Waals surface area (Å²) in [7, 11) is 1.54. The molecule has 0 heterocycles. The van der Waals surface area contributed by atoms with E-state index in [0.717, 1.165) is 18.5 Å². The molecule has 2 nitrogen and oxygen atoms in total. The smallest absolute Gasteiger partial charge is 0.131 e. The van der Waals surface area contributed by atoms with Crippen molar-refractivity contribution in [3.63, 3.8) is 0 Å². The number of para-hydroxylation sites is 1. The number of halogens is 1. The Morgan fingerprint density at radius 3 is 2.60 bits per heavy atom. The monoisotopic (exact) mass is 273 g/mol. The molecule has 20 heavy (non-hydrogen) atoms. The van der Waals surface area contributed by atoms with E-state index in [1.165, 1.54) is 18.7 Å². The molecule has 0 amide bonds. The SMILES string of the molecule is CCCc1ccccc1NCc1ccc(OC)cc1F. The minimum atomic E-state index is -0.246. The van der Waals surface area contributed by atoms with E-state index in [0.29, 0.717) is 17.9 Å². The fourth-order valence-electron chi connectivity index (χ4n) is 2.17. The van der Waals surface area contributed by atoms with Crippen LogP contribution in [-0.2, 0) is 13.0 Å². The summed E-state index contributed by atoms with van der Waals surface area (Å²) >= 11 is 0. The van der Waals surface area contributed by atoms with Gasteiger partial charge >= 0.3 is 0 Å². The summed E-state index contributed by atoms with van der Waals surface area (Å²) in [5.74, 6) is 0.294. The average molecular weight is 273 g/mol. The van der Waals surface area contributed by atoms with Gasteiger partial charge in [0, 0.05) is 23.9 Å². The van der Waals surface area contributed by atoms with Gasteiger partial charge in [-0.25, -0.2) is 4.39 Å². The quantitative estimate of drug-likeness (QED) is 0.842. The van der Waals surface area contributed by atoms with Crippen LogP contribution in [0.2, 0.25) is 0 Å². The molecule has 3 heteroatoms. The number of ether oxygens (including phenoxy) is 1. The van der Waals surface area contributed by atoms with Crippen molar-refractivity contribution in [2.75, 3.05) is 12.4 Å². The normalized spacial score (nSPS) is 10.3. The predicted molar refractivity (Wildman–Crippen MR) is 80.7 cm³/mol. The average Bonchev–Trinajstić information content (AvgIpc) is 2.47. The summed E-state index contributed by atoms with van der Waals surface area (Å²) in [6.07, 6.45) is 2.11. The number of methoxy groups -OCH3 is 1. The molecule has 0 aliphatic heterocycles. The Morgan fingerprint density at radius 1 is 1.10 bits per heavy atom. The number of benzene rings is 2. The second-order valence-electron chi connectivity index (χ2n) is 4.72. The molecule has 0 atom stereocenters. The lowest BCUT2D eigenvalue weighted by Gasteiger charge is -2.12. The van der Waals surface area contributed by atoms with Gasteiger partial charge in [-0.2, -0.15) is 0 Å². The molecule has 0 aliphatic rings. The zero-order valence-electron chi connectivity index (χ0n) is 11.9. The Hall–Kier alpha value is -2.03. The zero-order chi connectivity index (χ0) is 14.4. The Labute approximate surface area is 119 Å². The minimum Gasteiger partial charge on any atom is -0.497 e. The molecule has 1 N–H and O–H groups in total. The maximum absolute atomic E-state index is 13.9. The number of anilines is 1. The Bertz CT molecular complexity index is 569. The lowest BCUT2D eigenvalue weighted by Crippen LogP contribution is -2.04. The van der Waals surface area contributed by atoms with Crippen molar-refractivity contribution in [2.24, 2.45) is 0 Å². The second-order valence-corrected chi connectivity index (χ2v) is 4.72. The van der Waals surface area contributed by atoms with Gasteiger partial charge in [-0.1, -0.05) is 37.6 Å². The van der Waals surface area contributed by atoms with Crippen molar-refractivity contribution in [2.45, 2.75) is 26.3 Å². The highest BCUT2D eigenvalue weighted by Crippen LogP contribution is 2.20. The summed E-state index contributed by atoms with van der Waals surface area (Å²) in [5.41, 5.74) is 2.98. The number of aryl methyl sites for hydroxylation is 1. The fraction of sp³-hybridized carbons (Fsp3) is 0.294. The first-order valence-electron chi connectivity index (χ1n) is 6.88. The maximum atomic E-state index is 13.9. The first kappa shape index (κ1) is 14.4. The molecule has 2 aromatic rings. The molecule has 2 rings (SSSR count). The van der Waals surface area contributed by atoms with E-state index in [1.54, 1.807) is 12.1 Å².